The lowest BCUT2D eigenvalue weighted by atomic mass is 9.77. The van der Waals surface area contributed by atoms with Crippen molar-refractivity contribution in [3.8, 4) is 0 Å². The molecule has 1 aromatic carbocycles. The Labute approximate surface area is 149 Å². The van der Waals surface area contributed by atoms with Crippen LogP contribution in [0, 0.1) is 11.7 Å². The van der Waals surface area contributed by atoms with Crippen LogP contribution in [0.15, 0.2) is 24.3 Å². The summed E-state index contributed by atoms with van der Waals surface area (Å²) in [6.45, 7) is 4.08. The van der Waals surface area contributed by atoms with Crippen molar-refractivity contribution in [2.24, 2.45) is 5.92 Å². The molecule has 3 rings (SSSR count). The van der Waals surface area contributed by atoms with Crippen molar-refractivity contribution in [1.82, 2.24) is 15.5 Å². The number of piperazine rings is 1. The van der Waals surface area contributed by atoms with Crippen LogP contribution in [0.3, 0.4) is 0 Å². The van der Waals surface area contributed by atoms with Gasteiger partial charge in [0.2, 0.25) is 5.91 Å². The van der Waals surface area contributed by atoms with Gasteiger partial charge in [0.1, 0.15) is 5.82 Å². The molecule has 24 heavy (non-hydrogen) atoms. The Balaban J connectivity index is 0.00000208. The third-order valence-corrected chi connectivity index (χ3v) is 5.02. The van der Waals surface area contributed by atoms with Crippen LogP contribution in [0.1, 0.15) is 37.3 Å². The summed E-state index contributed by atoms with van der Waals surface area (Å²) in [5.74, 6) is 0.634. The highest BCUT2D eigenvalue weighted by molar-refractivity contribution is 5.85. The van der Waals surface area contributed by atoms with Gasteiger partial charge in [-0.3, -0.25) is 4.79 Å². The van der Waals surface area contributed by atoms with E-state index in [9.17, 15) is 9.18 Å². The van der Waals surface area contributed by atoms with E-state index >= 15 is 0 Å². The van der Waals surface area contributed by atoms with E-state index in [1.165, 1.54) is 31.4 Å². The van der Waals surface area contributed by atoms with Crippen LogP contribution in [0.2, 0.25) is 0 Å². The third-order valence-electron chi connectivity index (χ3n) is 5.02. The molecular weight excluding hydrogens is 329 g/mol. The molecule has 1 unspecified atom stereocenters. The number of benzene rings is 1. The van der Waals surface area contributed by atoms with E-state index in [1.54, 1.807) is 0 Å². The predicted octanol–water partition coefficient (Wildman–Crippen LogP) is 2.50. The molecule has 0 radical (unpaired) electrons. The fourth-order valence-electron chi connectivity index (χ4n) is 3.41. The summed E-state index contributed by atoms with van der Waals surface area (Å²) in [5, 5.41) is 6.80. The van der Waals surface area contributed by atoms with Crippen molar-refractivity contribution < 1.29 is 9.18 Å². The average Bonchev–Trinajstić information content (AvgIpc) is 2.54. The molecule has 1 aromatic rings. The number of amides is 1. The summed E-state index contributed by atoms with van der Waals surface area (Å²) < 4.78 is 13.1. The van der Waals surface area contributed by atoms with E-state index in [4.69, 9.17) is 0 Å². The van der Waals surface area contributed by atoms with Crippen LogP contribution in [-0.4, -0.2) is 43.5 Å². The Kier molecular flexibility index (Phi) is 7.46. The maximum atomic E-state index is 13.1. The minimum Gasteiger partial charge on any atom is -0.340 e. The van der Waals surface area contributed by atoms with Gasteiger partial charge in [0, 0.05) is 45.2 Å². The summed E-state index contributed by atoms with van der Waals surface area (Å²) in [6.07, 6.45) is 4.22. The zero-order valence-electron chi connectivity index (χ0n) is 14.0. The first-order valence-electron chi connectivity index (χ1n) is 8.71. The van der Waals surface area contributed by atoms with Crippen LogP contribution in [0.4, 0.5) is 4.39 Å². The maximum absolute atomic E-state index is 13.1. The first-order valence-corrected chi connectivity index (χ1v) is 8.71. The van der Waals surface area contributed by atoms with E-state index in [2.05, 4.69) is 10.6 Å². The molecule has 0 bridgehead atoms. The molecule has 2 aliphatic rings. The number of rotatable bonds is 6. The first kappa shape index (κ1) is 19.2. The molecular formula is C18H27ClFN3O. The summed E-state index contributed by atoms with van der Waals surface area (Å²) in [6, 6.07) is 7.01. The number of nitrogens with one attached hydrogen (secondary N) is 2. The second-order valence-corrected chi connectivity index (χ2v) is 6.56. The largest absolute Gasteiger partial charge is 0.340 e. The van der Waals surface area contributed by atoms with Gasteiger partial charge in [0.25, 0.3) is 0 Å². The van der Waals surface area contributed by atoms with Crippen molar-refractivity contribution in [2.75, 3.05) is 32.7 Å². The highest BCUT2D eigenvalue weighted by Gasteiger charge is 2.28. The van der Waals surface area contributed by atoms with E-state index in [-0.39, 0.29) is 30.2 Å². The van der Waals surface area contributed by atoms with Gasteiger partial charge in [0.05, 0.1) is 0 Å². The summed E-state index contributed by atoms with van der Waals surface area (Å²) in [7, 11) is 0. The molecule has 1 saturated heterocycles. The Morgan fingerprint density at radius 3 is 2.50 bits per heavy atom. The molecule has 0 aromatic heterocycles. The molecule has 1 saturated carbocycles. The molecule has 2 fully saturated rings. The molecule has 1 aliphatic carbocycles. The molecule has 4 nitrogen and oxygen atoms in total. The fraction of sp³-hybridized carbons (Fsp3) is 0.611. The molecule has 6 heteroatoms. The fourth-order valence-corrected chi connectivity index (χ4v) is 3.41. The smallest absolute Gasteiger partial charge is 0.223 e. The Morgan fingerprint density at radius 1 is 1.25 bits per heavy atom. The summed E-state index contributed by atoms with van der Waals surface area (Å²) in [4.78, 5) is 14.2. The van der Waals surface area contributed by atoms with Crippen LogP contribution in [0.25, 0.3) is 0 Å². The number of halogens is 2. The second-order valence-electron chi connectivity index (χ2n) is 6.56. The van der Waals surface area contributed by atoms with Gasteiger partial charge in [-0.2, -0.15) is 0 Å². The van der Waals surface area contributed by atoms with Crippen molar-refractivity contribution >= 4 is 18.3 Å². The Morgan fingerprint density at radius 2 is 1.92 bits per heavy atom. The van der Waals surface area contributed by atoms with Gasteiger partial charge in [-0.25, -0.2) is 4.39 Å². The normalized spacial score (nSPS) is 19.3. The number of carbonyl (C=O) groups excluding carboxylic acids is 1. The zero-order chi connectivity index (χ0) is 16.1. The molecule has 134 valence electrons. The first-order chi connectivity index (χ1) is 11.2. The highest BCUT2D eigenvalue weighted by Crippen LogP contribution is 2.37. The number of carbonyl (C=O) groups is 1. The second kappa shape index (κ2) is 9.35. The van der Waals surface area contributed by atoms with Crippen molar-refractivity contribution in [2.45, 2.75) is 31.7 Å². The van der Waals surface area contributed by atoms with E-state index in [0.717, 1.165) is 31.7 Å². The quantitative estimate of drug-likeness (QED) is 0.824. The van der Waals surface area contributed by atoms with E-state index in [1.807, 2.05) is 17.0 Å². The van der Waals surface area contributed by atoms with Crippen LogP contribution < -0.4 is 10.6 Å². The van der Waals surface area contributed by atoms with Crippen molar-refractivity contribution in [3.05, 3.63) is 35.6 Å². The van der Waals surface area contributed by atoms with Crippen molar-refractivity contribution in [3.63, 3.8) is 0 Å². The lowest BCUT2D eigenvalue weighted by Gasteiger charge is -2.35. The molecule has 1 heterocycles. The molecule has 1 atom stereocenters. The Bertz CT molecular complexity index is 516. The van der Waals surface area contributed by atoms with Crippen LogP contribution in [0.5, 0.6) is 0 Å². The zero-order valence-corrected chi connectivity index (χ0v) is 14.8. The number of hydrogen-bond acceptors (Lipinski definition) is 3. The molecule has 1 amide bonds. The third kappa shape index (κ3) is 4.91. The van der Waals surface area contributed by atoms with E-state index < -0.39 is 0 Å². The SMILES string of the molecule is Cl.O=C(CCNC(c1ccc(F)cc1)C1CCC1)N1CCNCC1. The minimum absolute atomic E-state index is 0. The van der Waals surface area contributed by atoms with Gasteiger partial charge in [-0.1, -0.05) is 18.6 Å². The molecule has 1 aliphatic heterocycles. The number of nitrogens with zero attached hydrogens (tertiary/aromatic N) is 1. The minimum atomic E-state index is -0.199. The predicted molar refractivity (Wildman–Crippen MR) is 95.8 cm³/mol. The molecule has 0 spiro atoms. The van der Waals surface area contributed by atoms with Gasteiger partial charge >= 0.3 is 0 Å². The monoisotopic (exact) mass is 355 g/mol. The van der Waals surface area contributed by atoms with Gasteiger partial charge < -0.3 is 15.5 Å². The van der Waals surface area contributed by atoms with Gasteiger partial charge in [0.15, 0.2) is 0 Å². The standard InChI is InChI=1S/C18H26FN3O.ClH/c19-16-6-4-15(5-7-16)18(14-2-1-3-14)21-9-8-17(23)22-12-10-20-11-13-22;/h4-7,14,18,20-21H,1-3,8-13H2;1H. The van der Waals surface area contributed by atoms with Crippen molar-refractivity contribution in [1.29, 1.82) is 0 Å². The lowest BCUT2D eigenvalue weighted by molar-refractivity contribution is -0.131. The van der Waals surface area contributed by atoms with E-state index in [0.29, 0.717) is 18.9 Å². The van der Waals surface area contributed by atoms with Crippen LogP contribution in [-0.2, 0) is 4.79 Å². The summed E-state index contributed by atoms with van der Waals surface area (Å²) in [5.41, 5.74) is 1.13. The number of hydrogen-bond donors (Lipinski definition) is 2. The van der Waals surface area contributed by atoms with Gasteiger partial charge in [-0.15, -0.1) is 12.4 Å². The van der Waals surface area contributed by atoms with Gasteiger partial charge in [-0.05, 0) is 36.5 Å². The topological polar surface area (TPSA) is 44.4 Å². The summed E-state index contributed by atoms with van der Waals surface area (Å²) >= 11 is 0. The lowest BCUT2D eigenvalue weighted by Crippen LogP contribution is -2.47. The average molecular weight is 356 g/mol. The van der Waals surface area contributed by atoms with Crippen LogP contribution >= 0.6 is 12.4 Å². The Hall–Kier alpha value is -1.17. The maximum Gasteiger partial charge on any atom is 0.223 e. The molecule has 2 N–H and O–H groups in total. The highest BCUT2D eigenvalue weighted by atomic mass is 35.5.